The lowest BCUT2D eigenvalue weighted by molar-refractivity contribution is 0.404. The van der Waals surface area contributed by atoms with Crippen LogP contribution in [0.2, 0.25) is 0 Å². The molecule has 1 saturated heterocycles. The molecule has 1 fully saturated rings. The van der Waals surface area contributed by atoms with E-state index in [1.165, 1.54) is 17.5 Å². The zero-order valence-corrected chi connectivity index (χ0v) is 11.7. The van der Waals surface area contributed by atoms with Crippen LogP contribution in [0.3, 0.4) is 0 Å². The molecule has 0 radical (unpaired) electrons. The molecule has 0 saturated carbocycles. The molecule has 1 N–H and O–H groups in total. The SMILES string of the molecule is COc1ccc(CCN(C)C)cc1C1CCNC1. The Kier molecular flexibility index (Phi) is 4.61. The maximum Gasteiger partial charge on any atom is 0.122 e. The Labute approximate surface area is 110 Å². The van der Waals surface area contributed by atoms with Crippen LogP contribution in [0.15, 0.2) is 18.2 Å². The quantitative estimate of drug-likeness (QED) is 0.861. The van der Waals surface area contributed by atoms with Crippen molar-refractivity contribution in [1.29, 1.82) is 0 Å². The number of methoxy groups -OCH3 is 1. The molecule has 1 heterocycles. The monoisotopic (exact) mass is 248 g/mol. The summed E-state index contributed by atoms with van der Waals surface area (Å²) in [5, 5.41) is 3.43. The van der Waals surface area contributed by atoms with Crippen molar-refractivity contribution in [3.8, 4) is 5.75 Å². The van der Waals surface area contributed by atoms with Crippen molar-refractivity contribution in [2.75, 3.05) is 40.8 Å². The van der Waals surface area contributed by atoms with Crippen molar-refractivity contribution in [3.63, 3.8) is 0 Å². The number of nitrogens with one attached hydrogen (secondary N) is 1. The van der Waals surface area contributed by atoms with Gasteiger partial charge in [0, 0.05) is 19.0 Å². The van der Waals surface area contributed by atoms with E-state index in [1.807, 2.05) is 0 Å². The van der Waals surface area contributed by atoms with Crippen LogP contribution in [-0.2, 0) is 6.42 Å². The average molecular weight is 248 g/mol. The zero-order valence-electron chi connectivity index (χ0n) is 11.7. The van der Waals surface area contributed by atoms with Crippen LogP contribution in [0.4, 0.5) is 0 Å². The highest BCUT2D eigenvalue weighted by Gasteiger charge is 2.20. The van der Waals surface area contributed by atoms with Gasteiger partial charge in [-0.15, -0.1) is 0 Å². The lowest BCUT2D eigenvalue weighted by Crippen LogP contribution is -2.15. The molecule has 100 valence electrons. The third-order valence-corrected chi connectivity index (χ3v) is 3.64. The zero-order chi connectivity index (χ0) is 13.0. The molecule has 1 aliphatic heterocycles. The van der Waals surface area contributed by atoms with Crippen molar-refractivity contribution >= 4 is 0 Å². The number of rotatable bonds is 5. The Morgan fingerprint density at radius 1 is 1.39 bits per heavy atom. The van der Waals surface area contributed by atoms with E-state index in [9.17, 15) is 0 Å². The van der Waals surface area contributed by atoms with E-state index < -0.39 is 0 Å². The minimum atomic E-state index is 0.610. The number of benzene rings is 1. The molecular formula is C15H24N2O. The Morgan fingerprint density at radius 2 is 2.22 bits per heavy atom. The van der Waals surface area contributed by atoms with Gasteiger partial charge in [0.15, 0.2) is 0 Å². The van der Waals surface area contributed by atoms with Crippen LogP contribution in [0.1, 0.15) is 23.5 Å². The van der Waals surface area contributed by atoms with Crippen LogP contribution in [0.5, 0.6) is 5.75 Å². The van der Waals surface area contributed by atoms with Crippen molar-refractivity contribution in [2.24, 2.45) is 0 Å². The fourth-order valence-electron chi connectivity index (χ4n) is 2.53. The van der Waals surface area contributed by atoms with Crippen molar-refractivity contribution in [2.45, 2.75) is 18.8 Å². The van der Waals surface area contributed by atoms with Gasteiger partial charge in [-0.2, -0.15) is 0 Å². The highest BCUT2D eigenvalue weighted by Crippen LogP contribution is 2.31. The molecule has 18 heavy (non-hydrogen) atoms. The van der Waals surface area contributed by atoms with E-state index in [-0.39, 0.29) is 0 Å². The Morgan fingerprint density at radius 3 is 2.83 bits per heavy atom. The van der Waals surface area contributed by atoms with Crippen molar-refractivity contribution < 1.29 is 4.74 Å². The summed E-state index contributed by atoms with van der Waals surface area (Å²) in [6.45, 7) is 3.29. The van der Waals surface area contributed by atoms with E-state index in [0.717, 1.165) is 31.8 Å². The highest BCUT2D eigenvalue weighted by atomic mass is 16.5. The summed E-state index contributed by atoms with van der Waals surface area (Å²) in [4.78, 5) is 2.22. The van der Waals surface area contributed by atoms with Crippen LogP contribution in [-0.4, -0.2) is 45.7 Å². The van der Waals surface area contributed by atoms with Gasteiger partial charge in [0.25, 0.3) is 0 Å². The van der Waals surface area contributed by atoms with Crippen LogP contribution in [0.25, 0.3) is 0 Å². The summed E-state index contributed by atoms with van der Waals surface area (Å²) >= 11 is 0. The van der Waals surface area contributed by atoms with E-state index in [4.69, 9.17) is 4.74 Å². The van der Waals surface area contributed by atoms with Crippen molar-refractivity contribution in [1.82, 2.24) is 10.2 Å². The fourth-order valence-corrected chi connectivity index (χ4v) is 2.53. The van der Waals surface area contributed by atoms with Gasteiger partial charge in [-0.3, -0.25) is 0 Å². The minimum absolute atomic E-state index is 0.610. The maximum atomic E-state index is 5.50. The molecule has 1 unspecified atom stereocenters. The van der Waals surface area contributed by atoms with E-state index >= 15 is 0 Å². The van der Waals surface area contributed by atoms with Gasteiger partial charge in [-0.25, -0.2) is 0 Å². The number of hydrogen-bond acceptors (Lipinski definition) is 3. The Hall–Kier alpha value is -1.06. The molecule has 0 aromatic heterocycles. The molecule has 0 spiro atoms. The number of ether oxygens (including phenoxy) is 1. The summed E-state index contributed by atoms with van der Waals surface area (Å²) in [5.41, 5.74) is 2.78. The molecule has 1 aliphatic rings. The maximum absolute atomic E-state index is 5.50. The number of likely N-dealkylation sites (N-methyl/N-ethyl adjacent to an activating group) is 1. The largest absolute Gasteiger partial charge is 0.496 e. The summed E-state index contributed by atoms with van der Waals surface area (Å²) < 4.78 is 5.50. The van der Waals surface area contributed by atoms with Gasteiger partial charge in [-0.1, -0.05) is 12.1 Å². The average Bonchev–Trinajstić information content (AvgIpc) is 2.89. The van der Waals surface area contributed by atoms with Gasteiger partial charge >= 0.3 is 0 Å². The third-order valence-electron chi connectivity index (χ3n) is 3.64. The molecule has 3 nitrogen and oxygen atoms in total. The van der Waals surface area contributed by atoms with Crippen LogP contribution < -0.4 is 10.1 Å². The van der Waals surface area contributed by atoms with Crippen LogP contribution >= 0.6 is 0 Å². The number of hydrogen-bond donors (Lipinski definition) is 1. The minimum Gasteiger partial charge on any atom is -0.496 e. The van der Waals surface area contributed by atoms with Gasteiger partial charge in [0.2, 0.25) is 0 Å². The first-order chi connectivity index (χ1) is 8.70. The fraction of sp³-hybridized carbons (Fsp3) is 0.600. The molecule has 1 atom stereocenters. The van der Waals surface area contributed by atoms with Gasteiger partial charge in [0.05, 0.1) is 7.11 Å². The first-order valence-corrected chi connectivity index (χ1v) is 6.73. The van der Waals surface area contributed by atoms with E-state index in [2.05, 4.69) is 42.5 Å². The molecule has 0 aliphatic carbocycles. The molecule has 1 aromatic rings. The van der Waals surface area contributed by atoms with Gasteiger partial charge < -0.3 is 15.0 Å². The van der Waals surface area contributed by atoms with Gasteiger partial charge in [-0.05, 0) is 50.7 Å². The predicted octanol–water partition coefficient (Wildman–Crippen LogP) is 1.88. The molecule has 2 rings (SSSR count). The summed E-state index contributed by atoms with van der Waals surface area (Å²) in [5.74, 6) is 1.65. The smallest absolute Gasteiger partial charge is 0.122 e. The normalized spacial score (nSPS) is 19.4. The lowest BCUT2D eigenvalue weighted by atomic mass is 9.94. The highest BCUT2D eigenvalue weighted by molar-refractivity contribution is 5.40. The van der Waals surface area contributed by atoms with Crippen molar-refractivity contribution in [3.05, 3.63) is 29.3 Å². The van der Waals surface area contributed by atoms with E-state index in [1.54, 1.807) is 7.11 Å². The second kappa shape index (κ2) is 6.21. The molecule has 0 amide bonds. The predicted molar refractivity (Wildman–Crippen MR) is 75.5 cm³/mol. The topological polar surface area (TPSA) is 24.5 Å². The molecule has 3 heteroatoms. The molecule has 0 bridgehead atoms. The van der Waals surface area contributed by atoms with Gasteiger partial charge in [0.1, 0.15) is 5.75 Å². The first-order valence-electron chi connectivity index (χ1n) is 6.73. The van der Waals surface area contributed by atoms with Crippen LogP contribution in [0, 0.1) is 0 Å². The standard InChI is InChI=1S/C15H24N2O/c1-17(2)9-7-12-4-5-15(18-3)14(10-12)13-6-8-16-11-13/h4-5,10,13,16H,6-9,11H2,1-3H3. The summed E-state index contributed by atoms with van der Waals surface area (Å²) in [7, 11) is 6.00. The Balaban J connectivity index is 2.16. The second-order valence-electron chi connectivity index (χ2n) is 5.32. The summed E-state index contributed by atoms with van der Waals surface area (Å²) in [6.07, 6.45) is 2.32. The lowest BCUT2D eigenvalue weighted by Gasteiger charge is -2.16. The molecule has 1 aromatic carbocycles. The second-order valence-corrected chi connectivity index (χ2v) is 5.32. The first kappa shape index (κ1) is 13.4. The summed E-state index contributed by atoms with van der Waals surface area (Å²) in [6, 6.07) is 6.65. The third kappa shape index (κ3) is 3.24. The Bertz CT molecular complexity index is 384. The van der Waals surface area contributed by atoms with E-state index in [0.29, 0.717) is 5.92 Å². The molecular weight excluding hydrogens is 224 g/mol. The number of nitrogens with zero attached hydrogens (tertiary/aromatic N) is 1.